The molecule has 2 aromatic rings. The van der Waals surface area contributed by atoms with Crippen LogP contribution >= 0.6 is 11.6 Å². The summed E-state index contributed by atoms with van der Waals surface area (Å²) in [6.07, 6.45) is 1.10. The molecule has 2 rings (SSSR count). The van der Waals surface area contributed by atoms with Crippen LogP contribution in [-0.2, 0) is 0 Å². The van der Waals surface area contributed by atoms with Crippen LogP contribution in [0.4, 0.5) is 5.82 Å². The molecular weight excluding hydrogens is 272 g/mol. The van der Waals surface area contributed by atoms with Crippen molar-refractivity contribution in [2.24, 2.45) is 0 Å². The topological polar surface area (TPSA) is 32.3 Å². The lowest BCUT2D eigenvalue weighted by Crippen LogP contribution is -2.28. The van der Waals surface area contributed by atoms with Crippen LogP contribution in [0.5, 0.6) is 0 Å². The molecule has 108 valence electrons. The van der Waals surface area contributed by atoms with E-state index < -0.39 is 0 Å². The van der Waals surface area contributed by atoms with Crippen LogP contribution in [-0.4, -0.2) is 48.8 Å². The molecule has 0 spiro atoms. The summed E-state index contributed by atoms with van der Waals surface area (Å²) in [5.74, 6) is 0.922. The van der Waals surface area contributed by atoms with E-state index >= 15 is 0 Å². The molecule has 0 unspecified atom stereocenters. The Morgan fingerprint density at radius 1 is 1.05 bits per heavy atom. The van der Waals surface area contributed by atoms with Gasteiger partial charge in [0.15, 0.2) is 11.0 Å². The second-order valence-electron chi connectivity index (χ2n) is 5.10. The summed E-state index contributed by atoms with van der Waals surface area (Å²) >= 11 is 6.12. The number of aromatic nitrogens is 2. The molecule has 1 aromatic carbocycles. The standard InChI is InChI=1S/C15H21ClN4/c1-4-20(11-7-10-19(2)3)15-13-9-6-5-8-12(13)14(16)17-18-15/h5-6,8-9H,4,7,10-11H2,1-3H3. The molecule has 0 aliphatic heterocycles. The lowest BCUT2D eigenvalue weighted by Gasteiger charge is -2.23. The van der Waals surface area contributed by atoms with Gasteiger partial charge in [-0.25, -0.2) is 0 Å². The Morgan fingerprint density at radius 2 is 1.75 bits per heavy atom. The number of hydrogen-bond donors (Lipinski definition) is 0. The van der Waals surface area contributed by atoms with Crippen molar-refractivity contribution < 1.29 is 0 Å². The second kappa shape index (κ2) is 6.86. The second-order valence-corrected chi connectivity index (χ2v) is 5.45. The number of nitrogens with zero attached hydrogens (tertiary/aromatic N) is 4. The Bertz CT molecular complexity index is 571. The largest absolute Gasteiger partial charge is 0.355 e. The molecule has 20 heavy (non-hydrogen) atoms. The van der Waals surface area contributed by atoms with Gasteiger partial charge in [0.05, 0.1) is 0 Å². The monoisotopic (exact) mass is 292 g/mol. The lowest BCUT2D eigenvalue weighted by atomic mass is 10.2. The van der Waals surface area contributed by atoms with Gasteiger partial charge in [-0.15, -0.1) is 10.2 Å². The normalized spacial score (nSPS) is 11.2. The highest BCUT2D eigenvalue weighted by atomic mass is 35.5. The third kappa shape index (κ3) is 3.38. The van der Waals surface area contributed by atoms with Gasteiger partial charge in [0, 0.05) is 23.9 Å². The highest BCUT2D eigenvalue weighted by molar-refractivity contribution is 6.34. The van der Waals surface area contributed by atoms with Crippen molar-refractivity contribution in [3.63, 3.8) is 0 Å². The molecule has 0 bridgehead atoms. The van der Waals surface area contributed by atoms with E-state index in [9.17, 15) is 0 Å². The highest BCUT2D eigenvalue weighted by Crippen LogP contribution is 2.28. The summed E-state index contributed by atoms with van der Waals surface area (Å²) in [5.41, 5.74) is 0. The fourth-order valence-corrected chi connectivity index (χ4v) is 2.48. The minimum atomic E-state index is 0.466. The van der Waals surface area contributed by atoms with E-state index in [1.54, 1.807) is 0 Å². The maximum absolute atomic E-state index is 6.12. The van der Waals surface area contributed by atoms with Gasteiger partial charge in [0.25, 0.3) is 0 Å². The summed E-state index contributed by atoms with van der Waals surface area (Å²) in [4.78, 5) is 4.45. The van der Waals surface area contributed by atoms with Crippen LogP contribution in [0.25, 0.3) is 10.8 Å². The third-order valence-corrected chi connectivity index (χ3v) is 3.62. The van der Waals surface area contributed by atoms with Gasteiger partial charge < -0.3 is 9.80 Å². The molecule has 0 radical (unpaired) electrons. The molecule has 0 saturated heterocycles. The zero-order chi connectivity index (χ0) is 14.5. The first kappa shape index (κ1) is 15.0. The van der Waals surface area contributed by atoms with Crippen molar-refractivity contribution in [1.82, 2.24) is 15.1 Å². The molecule has 0 fully saturated rings. The van der Waals surface area contributed by atoms with Gasteiger partial charge >= 0.3 is 0 Å². The number of hydrogen-bond acceptors (Lipinski definition) is 4. The predicted molar refractivity (Wildman–Crippen MR) is 85.6 cm³/mol. The number of benzene rings is 1. The molecule has 0 saturated carbocycles. The minimum absolute atomic E-state index is 0.466. The van der Waals surface area contributed by atoms with Crippen LogP contribution in [0.3, 0.4) is 0 Å². The summed E-state index contributed by atoms with van der Waals surface area (Å²) in [6.45, 7) is 5.08. The first-order valence-corrected chi connectivity index (χ1v) is 7.32. The fourth-order valence-electron chi connectivity index (χ4n) is 2.28. The van der Waals surface area contributed by atoms with Crippen molar-refractivity contribution in [3.05, 3.63) is 29.4 Å². The Kier molecular flexibility index (Phi) is 5.15. The van der Waals surface area contributed by atoms with E-state index in [1.807, 2.05) is 18.2 Å². The highest BCUT2D eigenvalue weighted by Gasteiger charge is 2.12. The third-order valence-electron chi connectivity index (χ3n) is 3.34. The molecular formula is C15H21ClN4. The van der Waals surface area contributed by atoms with Gasteiger partial charge in [0.1, 0.15) is 0 Å². The fraction of sp³-hybridized carbons (Fsp3) is 0.467. The molecule has 0 aliphatic rings. The quantitative estimate of drug-likeness (QED) is 0.819. The van der Waals surface area contributed by atoms with Crippen LogP contribution < -0.4 is 4.90 Å². The van der Waals surface area contributed by atoms with E-state index in [0.29, 0.717) is 5.15 Å². The van der Waals surface area contributed by atoms with Crippen molar-refractivity contribution in [2.75, 3.05) is 38.6 Å². The summed E-state index contributed by atoms with van der Waals surface area (Å²) < 4.78 is 0. The molecule has 1 heterocycles. The van der Waals surface area contributed by atoms with Crippen molar-refractivity contribution in [2.45, 2.75) is 13.3 Å². The summed E-state index contributed by atoms with van der Waals surface area (Å²) in [5, 5.41) is 10.9. The Hall–Kier alpha value is -1.39. The average Bonchev–Trinajstić information content (AvgIpc) is 2.45. The Morgan fingerprint density at radius 3 is 2.40 bits per heavy atom. The first-order valence-electron chi connectivity index (χ1n) is 6.94. The molecule has 0 atom stereocenters. The van der Waals surface area contributed by atoms with Crippen LogP contribution in [0.2, 0.25) is 5.15 Å². The molecule has 1 aromatic heterocycles. The maximum Gasteiger partial charge on any atom is 0.159 e. The van der Waals surface area contributed by atoms with Crippen LogP contribution in [0, 0.1) is 0 Å². The Labute approximate surface area is 125 Å². The molecule has 0 aliphatic carbocycles. The van der Waals surface area contributed by atoms with E-state index in [-0.39, 0.29) is 0 Å². The van der Waals surface area contributed by atoms with Crippen molar-refractivity contribution >= 4 is 28.2 Å². The van der Waals surface area contributed by atoms with Gasteiger partial charge in [0.2, 0.25) is 0 Å². The molecule has 4 nitrogen and oxygen atoms in total. The number of anilines is 1. The minimum Gasteiger partial charge on any atom is -0.355 e. The SMILES string of the molecule is CCN(CCCN(C)C)c1nnc(Cl)c2ccccc12. The van der Waals surface area contributed by atoms with Crippen molar-refractivity contribution in [1.29, 1.82) is 0 Å². The van der Waals surface area contributed by atoms with Crippen LogP contribution in [0.15, 0.2) is 24.3 Å². The average molecular weight is 293 g/mol. The van der Waals surface area contributed by atoms with E-state index in [2.05, 4.69) is 47.1 Å². The van der Waals surface area contributed by atoms with E-state index in [4.69, 9.17) is 11.6 Å². The van der Waals surface area contributed by atoms with Gasteiger partial charge in [-0.05, 0) is 34.0 Å². The number of rotatable bonds is 6. The molecule has 5 heteroatoms. The maximum atomic E-state index is 6.12. The Balaban J connectivity index is 2.28. The number of fused-ring (bicyclic) bond motifs is 1. The van der Waals surface area contributed by atoms with E-state index in [0.717, 1.165) is 42.6 Å². The lowest BCUT2D eigenvalue weighted by molar-refractivity contribution is 0.400. The van der Waals surface area contributed by atoms with Gasteiger partial charge in [-0.1, -0.05) is 35.9 Å². The molecule has 0 amide bonds. The summed E-state index contributed by atoms with van der Waals surface area (Å²) in [7, 11) is 4.18. The van der Waals surface area contributed by atoms with Crippen molar-refractivity contribution in [3.8, 4) is 0 Å². The molecule has 0 N–H and O–H groups in total. The zero-order valence-corrected chi connectivity index (χ0v) is 13.1. The smallest absolute Gasteiger partial charge is 0.159 e. The zero-order valence-electron chi connectivity index (χ0n) is 12.3. The van der Waals surface area contributed by atoms with E-state index in [1.165, 1.54) is 0 Å². The summed E-state index contributed by atoms with van der Waals surface area (Å²) in [6, 6.07) is 8.03. The van der Waals surface area contributed by atoms with Gasteiger partial charge in [-0.3, -0.25) is 0 Å². The van der Waals surface area contributed by atoms with Crippen LogP contribution in [0.1, 0.15) is 13.3 Å². The number of halogens is 1. The predicted octanol–water partition coefficient (Wildman–Crippen LogP) is 3.06. The first-order chi connectivity index (χ1) is 9.63. The van der Waals surface area contributed by atoms with Gasteiger partial charge in [-0.2, -0.15) is 0 Å².